The zero-order chi connectivity index (χ0) is 9.84. The molecule has 1 saturated heterocycles. The highest BCUT2D eigenvalue weighted by Gasteiger charge is 2.34. The van der Waals surface area contributed by atoms with Crippen molar-refractivity contribution in [2.75, 3.05) is 6.54 Å². The van der Waals surface area contributed by atoms with Gasteiger partial charge in [-0.15, -0.1) is 0 Å². The average molecular weight is 172 g/mol. The molecule has 1 amide bonds. The van der Waals surface area contributed by atoms with Crippen LogP contribution in [0, 0.1) is 0 Å². The standard InChI is InChI=1S/C8H13NO3/c1-2-5-9-6(8(11)12)3-4-7(9)10/h6H,2-5H2,1H3,(H,11,12)/t6-/m0/s1/i1D. The van der Waals surface area contributed by atoms with E-state index in [1.165, 1.54) is 4.90 Å². The number of hydrogen-bond acceptors (Lipinski definition) is 2. The molecule has 12 heavy (non-hydrogen) atoms. The van der Waals surface area contributed by atoms with Crippen molar-refractivity contribution in [3.05, 3.63) is 0 Å². The van der Waals surface area contributed by atoms with Crippen molar-refractivity contribution >= 4 is 11.9 Å². The van der Waals surface area contributed by atoms with Crippen molar-refractivity contribution in [2.45, 2.75) is 32.2 Å². The maximum Gasteiger partial charge on any atom is 0.326 e. The minimum Gasteiger partial charge on any atom is -0.480 e. The molecule has 1 rings (SSSR count). The van der Waals surface area contributed by atoms with E-state index in [2.05, 4.69) is 0 Å². The van der Waals surface area contributed by atoms with Gasteiger partial charge in [-0.2, -0.15) is 0 Å². The maximum atomic E-state index is 11.2. The minimum atomic E-state index is -0.934. The van der Waals surface area contributed by atoms with Gasteiger partial charge >= 0.3 is 5.97 Å². The molecule has 0 bridgehead atoms. The number of carboxylic acid groups (broad SMARTS) is 1. The molecule has 0 aromatic heterocycles. The van der Waals surface area contributed by atoms with Gasteiger partial charge in [-0.25, -0.2) is 4.79 Å². The van der Waals surface area contributed by atoms with E-state index in [1.807, 2.05) is 0 Å². The Morgan fingerprint density at radius 3 is 3.25 bits per heavy atom. The first-order valence-corrected chi connectivity index (χ1v) is 3.98. The second-order valence-electron chi connectivity index (χ2n) is 2.83. The lowest BCUT2D eigenvalue weighted by Gasteiger charge is -2.20. The van der Waals surface area contributed by atoms with Crippen molar-refractivity contribution in [1.82, 2.24) is 4.90 Å². The van der Waals surface area contributed by atoms with Gasteiger partial charge in [0.1, 0.15) is 6.04 Å². The molecule has 0 saturated carbocycles. The lowest BCUT2D eigenvalue weighted by atomic mass is 10.2. The molecule has 68 valence electrons. The maximum absolute atomic E-state index is 11.2. The molecule has 1 atom stereocenters. The van der Waals surface area contributed by atoms with Gasteiger partial charge in [0, 0.05) is 14.3 Å². The summed E-state index contributed by atoms with van der Waals surface area (Å²) in [7, 11) is 0. The fourth-order valence-electron chi connectivity index (χ4n) is 1.44. The number of amides is 1. The monoisotopic (exact) mass is 172 g/mol. The van der Waals surface area contributed by atoms with Crippen LogP contribution < -0.4 is 0 Å². The van der Waals surface area contributed by atoms with Gasteiger partial charge in [0.25, 0.3) is 0 Å². The summed E-state index contributed by atoms with van der Waals surface area (Å²) in [4.78, 5) is 23.2. The first kappa shape index (κ1) is 7.58. The summed E-state index contributed by atoms with van der Waals surface area (Å²) in [5.74, 6) is -1.03. The van der Waals surface area contributed by atoms with Gasteiger partial charge in [0.15, 0.2) is 0 Å². The van der Waals surface area contributed by atoms with Gasteiger partial charge in [0.2, 0.25) is 5.91 Å². The van der Waals surface area contributed by atoms with Crippen LogP contribution in [-0.4, -0.2) is 34.5 Å². The Kier molecular flexibility index (Phi) is 2.25. The molecule has 1 N–H and O–H groups in total. The van der Waals surface area contributed by atoms with Crippen molar-refractivity contribution in [3.8, 4) is 0 Å². The summed E-state index contributed by atoms with van der Waals surface area (Å²) in [5.41, 5.74) is 0. The van der Waals surface area contributed by atoms with Crippen LogP contribution in [0.2, 0.25) is 0 Å². The highest BCUT2D eigenvalue weighted by atomic mass is 16.4. The van der Waals surface area contributed by atoms with Crippen LogP contribution in [0.1, 0.15) is 27.5 Å². The summed E-state index contributed by atoms with van der Waals surface area (Å²) in [6.07, 6.45) is 1.29. The SMILES string of the molecule is [2H]CCCN1C(=O)CC[C@H]1C(=O)O. The Hall–Kier alpha value is -1.06. The average Bonchev–Trinajstić information content (AvgIpc) is 2.43. The fourth-order valence-corrected chi connectivity index (χ4v) is 1.44. The van der Waals surface area contributed by atoms with Gasteiger partial charge in [-0.3, -0.25) is 4.79 Å². The summed E-state index contributed by atoms with van der Waals surface area (Å²) in [6, 6.07) is -0.654. The quantitative estimate of drug-likeness (QED) is 0.673. The lowest BCUT2D eigenvalue weighted by molar-refractivity contribution is -0.146. The molecule has 0 unspecified atom stereocenters. The van der Waals surface area contributed by atoms with E-state index >= 15 is 0 Å². The molecule has 0 radical (unpaired) electrons. The Morgan fingerprint density at radius 2 is 2.67 bits per heavy atom. The third kappa shape index (κ3) is 1.57. The van der Waals surface area contributed by atoms with E-state index in [4.69, 9.17) is 6.48 Å². The Bertz CT molecular complexity index is 219. The van der Waals surface area contributed by atoms with Crippen LogP contribution >= 0.6 is 0 Å². The number of likely N-dealkylation sites (tertiary alicyclic amines) is 1. The smallest absolute Gasteiger partial charge is 0.326 e. The predicted octanol–water partition coefficient (Wildman–Crippen LogP) is 0.472. The summed E-state index contributed by atoms with van der Waals surface area (Å²) in [6.45, 7) is 0.634. The van der Waals surface area contributed by atoms with Gasteiger partial charge in [-0.05, 0) is 12.8 Å². The summed E-state index contributed by atoms with van der Waals surface area (Å²) in [5, 5.41) is 8.76. The topological polar surface area (TPSA) is 57.6 Å². The van der Waals surface area contributed by atoms with Crippen LogP contribution in [0.15, 0.2) is 0 Å². The van der Waals surface area contributed by atoms with Crippen molar-refractivity contribution in [1.29, 1.82) is 0 Å². The number of rotatable bonds is 3. The van der Waals surface area contributed by atoms with E-state index < -0.39 is 12.0 Å². The molecule has 4 nitrogen and oxygen atoms in total. The number of aliphatic carboxylic acids is 1. The van der Waals surface area contributed by atoms with E-state index in [-0.39, 0.29) is 12.8 Å². The van der Waals surface area contributed by atoms with Crippen molar-refractivity contribution < 1.29 is 16.1 Å². The Morgan fingerprint density at radius 1 is 1.92 bits per heavy atom. The molecule has 0 aromatic carbocycles. The number of carbonyl (C=O) groups excluding carboxylic acids is 1. The van der Waals surface area contributed by atoms with E-state index in [1.54, 1.807) is 0 Å². The normalized spacial score (nSPS) is 24.3. The van der Waals surface area contributed by atoms with Crippen LogP contribution in [0.4, 0.5) is 0 Å². The number of hydrogen-bond donors (Lipinski definition) is 1. The first-order chi connectivity index (χ1) is 6.16. The van der Waals surface area contributed by atoms with E-state index in [0.29, 0.717) is 25.8 Å². The second kappa shape index (κ2) is 3.56. The summed E-state index contributed by atoms with van der Waals surface area (Å²) < 4.78 is 6.92. The zero-order valence-electron chi connectivity index (χ0n) is 7.82. The Labute approximate surface area is 72.6 Å². The molecule has 1 fully saturated rings. The molecule has 1 heterocycles. The molecule has 1 aliphatic rings. The number of carbonyl (C=O) groups is 2. The van der Waals surface area contributed by atoms with Crippen LogP contribution in [0.3, 0.4) is 0 Å². The Balaban J connectivity index is 2.55. The molecular formula is C8H13NO3. The van der Waals surface area contributed by atoms with E-state index in [0.717, 1.165) is 0 Å². The van der Waals surface area contributed by atoms with Crippen molar-refractivity contribution in [3.63, 3.8) is 0 Å². The zero-order valence-corrected chi connectivity index (χ0v) is 6.82. The third-order valence-electron chi connectivity index (χ3n) is 2.01. The first-order valence-electron chi connectivity index (χ1n) is 4.69. The molecular weight excluding hydrogens is 158 g/mol. The highest BCUT2D eigenvalue weighted by molar-refractivity contribution is 5.87. The third-order valence-corrected chi connectivity index (χ3v) is 2.01. The van der Waals surface area contributed by atoms with E-state index in [9.17, 15) is 9.59 Å². The molecule has 0 spiro atoms. The molecule has 4 heteroatoms. The van der Waals surface area contributed by atoms with Crippen LogP contribution in [-0.2, 0) is 9.59 Å². The fraction of sp³-hybridized carbons (Fsp3) is 0.750. The second-order valence-corrected chi connectivity index (χ2v) is 2.83. The molecule has 0 aliphatic carbocycles. The number of carboxylic acids is 1. The molecule has 1 aliphatic heterocycles. The van der Waals surface area contributed by atoms with Gasteiger partial charge in [0.05, 0.1) is 0 Å². The summed E-state index contributed by atoms with van der Waals surface area (Å²) >= 11 is 0. The predicted molar refractivity (Wildman–Crippen MR) is 42.7 cm³/mol. The van der Waals surface area contributed by atoms with Crippen molar-refractivity contribution in [2.24, 2.45) is 0 Å². The van der Waals surface area contributed by atoms with Gasteiger partial charge in [-0.1, -0.05) is 6.90 Å². The number of nitrogens with zero attached hydrogens (tertiary/aromatic N) is 1. The van der Waals surface area contributed by atoms with Crippen LogP contribution in [0.5, 0.6) is 0 Å². The van der Waals surface area contributed by atoms with Gasteiger partial charge < -0.3 is 10.0 Å². The minimum absolute atomic E-state index is 0.0964. The molecule has 0 aromatic rings. The highest BCUT2D eigenvalue weighted by Crippen LogP contribution is 2.18. The van der Waals surface area contributed by atoms with Crippen LogP contribution in [0.25, 0.3) is 0 Å². The lowest BCUT2D eigenvalue weighted by Crippen LogP contribution is -2.38. The largest absolute Gasteiger partial charge is 0.480 e.